The number of aliphatic hydroxyl groups is 1. The van der Waals surface area contributed by atoms with Crippen molar-refractivity contribution in [1.82, 2.24) is 10.2 Å². The normalized spacial score (nSPS) is 29.4. The summed E-state index contributed by atoms with van der Waals surface area (Å²) >= 11 is 0. The quantitative estimate of drug-likeness (QED) is 0.698. The Morgan fingerprint density at radius 1 is 1.40 bits per heavy atom. The number of aliphatic hydroxyl groups excluding tert-OH is 1. The molecule has 2 N–H and O–H groups in total. The first-order chi connectivity index (χ1) is 7.33. The van der Waals surface area contributed by atoms with Gasteiger partial charge in [-0.15, -0.1) is 0 Å². The second-order valence-electron chi connectivity index (χ2n) is 4.50. The van der Waals surface area contributed by atoms with Crippen LogP contribution >= 0.6 is 0 Å². The number of carbonyl (C=O) groups excluding carboxylic acids is 1. The van der Waals surface area contributed by atoms with Gasteiger partial charge in [0.2, 0.25) is 5.91 Å². The number of rotatable bonds is 3. The highest BCUT2D eigenvalue weighted by Gasteiger charge is 2.34. The van der Waals surface area contributed by atoms with Gasteiger partial charge < -0.3 is 10.4 Å². The minimum atomic E-state index is -0.0909. The molecule has 2 aliphatic rings. The molecule has 1 amide bonds. The topological polar surface area (TPSA) is 52.6 Å². The van der Waals surface area contributed by atoms with Crippen LogP contribution in [0.15, 0.2) is 0 Å². The third-order valence-electron chi connectivity index (χ3n) is 3.57. The van der Waals surface area contributed by atoms with Crippen LogP contribution in [0.3, 0.4) is 0 Å². The molecule has 1 heterocycles. The summed E-state index contributed by atoms with van der Waals surface area (Å²) in [4.78, 5) is 14.0. The summed E-state index contributed by atoms with van der Waals surface area (Å²) in [5.74, 6) is 0.0993. The molecule has 0 aromatic heterocycles. The fraction of sp³-hybridized carbons (Fsp3) is 0.909. The van der Waals surface area contributed by atoms with E-state index in [4.69, 9.17) is 5.11 Å². The zero-order valence-electron chi connectivity index (χ0n) is 9.11. The zero-order chi connectivity index (χ0) is 10.7. The molecule has 1 aliphatic heterocycles. The average Bonchev–Trinajstić information content (AvgIpc) is 2.74. The third-order valence-corrected chi connectivity index (χ3v) is 3.57. The highest BCUT2D eigenvalue weighted by atomic mass is 16.3. The Morgan fingerprint density at radius 2 is 2.13 bits per heavy atom. The summed E-state index contributed by atoms with van der Waals surface area (Å²) in [7, 11) is 0. The van der Waals surface area contributed by atoms with Gasteiger partial charge in [-0.1, -0.05) is 12.8 Å². The van der Waals surface area contributed by atoms with Gasteiger partial charge in [-0.25, -0.2) is 0 Å². The monoisotopic (exact) mass is 212 g/mol. The fourth-order valence-electron chi connectivity index (χ4n) is 2.82. The third kappa shape index (κ3) is 2.32. The Kier molecular flexibility index (Phi) is 3.59. The van der Waals surface area contributed by atoms with Crippen molar-refractivity contribution >= 4 is 5.91 Å². The smallest absolute Gasteiger partial charge is 0.237 e. The van der Waals surface area contributed by atoms with Crippen molar-refractivity contribution in [2.75, 3.05) is 19.7 Å². The van der Waals surface area contributed by atoms with Gasteiger partial charge in [0.25, 0.3) is 0 Å². The van der Waals surface area contributed by atoms with Gasteiger partial charge in [-0.3, -0.25) is 9.69 Å². The molecule has 2 rings (SSSR count). The molecular formula is C11H20N2O2. The van der Waals surface area contributed by atoms with Crippen molar-refractivity contribution in [3.63, 3.8) is 0 Å². The molecule has 86 valence electrons. The van der Waals surface area contributed by atoms with Crippen LogP contribution in [0.2, 0.25) is 0 Å². The molecule has 0 aromatic rings. The van der Waals surface area contributed by atoms with E-state index in [-0.39, 0.29) is 18.6 Å². The Morgan fingerprint density at radius 3 is 2.80 bits per heavy atom. The molecule has 0 spiro atoms. The molecule has 1 atom stereocenters. The number of piperazine rings is 1. The molecule has 4 heteroatoms. The van der Waals surface area contributed by atoms with Crippen LogP contribution in [0.1, 0.15) is 32.1 Å². The first kappa shape index (κ1) is 10.9. The van der Waals surface area contributed by atoms with E-state index in [0.717, 1.165) is 13.1 Å². The summed E-state index contributed by atoms with van der Waals surface area (Å²) in [5.41, 5.74) is 0. The van der Waals surface area contributed by atoms with Gasteiger partial charge in [0.1, 0.15) is 0 Å². The molecule has 2 fully saturated rings. The largest absolute Gasteiger partial charge is 0.396 e. The molecule has 1 aliphatic carbocycles. The van der Waals surface area contributed by atoms with Crippen LogP contribution in [0.4, 0.5) is 0 Å². The Hall–Kier alpha value is -0.610. The maximum absolute atomic E-state index is 11.7. The minimum absolute atomic E-state index is 0.0909. The second-order valence-corrected chi connectivity index (χ2v) is 4.50. The van der Waals surface area contributed by atoms with Gasteiger partial charge in [0.05, 0.1) is 6.04 Å². The van der Waals surface area contributed by atoms with Crippen LogP contribution in [0.5, 0.6) is 0 Å². The van der Waals surface area contributed by atoms with E-state index in [9.17, 15) is 4.79 Å². The Labute approximate surface area is 90.6 Å². The summed E-state index contributed by atoms with van der Waals surface area (Å²) in [5, 5.41) is 11.9. The van der Waals surface area contributed by atoms with Crippen LogP contribution in [0.25, 0.3) is 0 Å². The van der Waals surface area contributed by atoms with Crippen molar-refractivity contribution in [1.29, 1.82) is 0 Å². The van der Waals surface area contributed by atoms with E-state index in [0.29, 0.717) is 12.5 Å². The lowest BCUT2D eigenvalue weighted by atomic mass is 10.0. The van der Waals surface area contributed by atoms with Crippen molar-refractivity contribution in [3.05, 3.63) is 0 Å². The number of nitrogens with one attached hydrogen (secondary N) is 1. The van der Waals surface area contributed by atoms with E-state index in [1.54, 1.807) is 0 Å². The maximum Gasteiger partial charge on any atom is 0.237 e. The lowest BCUT2D eigenvalue weighted by Gasteiger charge is -2.38. The van der Waals surface area contributed by atoms with Crippen molar-refractivity contribution in [2.45, 2.75) is 44.2 Å². The van der Waals surface area contributed by atoms with E-state index in [2.05, 4.69) is 10.2 Å². The number of hydrogen-bond donors (Lipinski definition) is 2. The van der Waals surface area contributed by atoms with E-state index < -0.39 is 0 Å². The van der Waals surface area contributed by atoms with Crippen molar-refractivity contribution in [3.8, 4) is 0 Å². The molecule has 1 unspecified atom stereocenters. The zero-order valence-corrected chi connectivity index (χ0v) is 9.11. The minimum Gasteiger partial charge on any atom is -0.396 e. The molecule has 4 nitrogen and oxygen atoms in total. The molecule has 1 saturated carbocycles. The van der Waals surface area contributed by atoms with Gasteiger partial charge in [0, 0.05) is 25.7 Å². The molecule has 1 saturated heterocycles. The predicted molar refractivity (Wildman–Crippen MR) is 57.5 cm³/mol. The van der Waals surface area contributed by atoms with Crippen molar-refractivity contribution in [2.24, 2.45) is 0 Å². The first-order valence-electron chi connectivity index (χ1n) is 5.97. The molecular weight excluding hydrogens is 192 g/mol. The predicted octanol–water partition coefficient (Wildman–Crippen LogP) is 0.112. The summed E-state index contributed by atoms with van der Waals surface area (Å²) in [6, 6.07) is 0.486. The molecule has 0 bridgehead atoms. The van der Waals surface area contributed by atoms with E-state index >= 15 is 0 Å². The summed E-state index contributed by atoms with van der Waals surface area (Å²) in [6.45, 7) is 1.81. The number of amides is 1. The highest BCUT2D eigenvalue weighted by molar-refractivity contribution is 5.82. The molecule has 0 radical (unpaired) electrons. The van der Waals surface area contributed by atoms with E-state index in [1.807, 2.05) is 0 Å². The number of hydrogen-bond acceptors (Lipinski definition) is 3. The van der Waals surface area contributed by atoms with Crippen LogP contribution < -0.4 is 5.32 Å². The number of nitrogens with zero attached hydrogens (tertiary/aromatic N) is 1. The van der Waals surface area contributed by atoms with Gasteiger partial charge >= 0.3 is 0 Å². The molecule has 15 heavy (non-hydrogen) atoms. The van der Waals surface area contributed by atoms with Crippen LogP contribution in [-0.4, -0.2) is 47.7 Å². The van der Waals surface area contributed by atoms with Crippen LogP contribution in [-0.2, 0) is 4.79 Å². The first-order valence-corrected chi connectivity index (χ1v) is 5.97. The standard InChI is InChI=1S/C11H20N2O2/c14-8-5-10-11(15)12-6-7-13(10)9-3-1-2-4-9/h9-10,14H,1-8H2,(H,12,15). The van der Waals surface area contributed by atoms with Gasteiger partial charge in [-0.05, 0) is 19.3 Å². The lowest BCUT2D eigenvalue weighted by Crippen LogP contribution is -2.58. The molecule has 0 aromatic carbocycles. The van der Waals surface area contributed by atoms with Crippen LogP contribution in [0, 0.1) is 0 Å². The Balaban J connectivity index is 2.01. The van der Waals surface area contributed by atoms with E-state index in [1.165, 1.54) is 25.7 Å². The highest BCUT2D eigenvalue weighted by Crippen LogP contribution is 2.26. The van der Waals surface area contributed by atoms with Gasteiger partial charge in [-0.2, -0.15) is 0 Å². The van der Waals surface area contributed by atoms with Gasteiger partial charge in [0.15, 0.2) is 0 Å². The lowest BCUT2D eigenvalue weighted by molar-refractivity contribution is -0.131. The summed E-state index contributed by atoms with van der Waals surface area (Å²) in [6.07, 6.45) is 5.58. The Bertz CT molecular complexity index is 227. The average molecular weight is 212 g/mol. The summed E-state index contributed by atoms with van der Waals surface area (Å²) < 4.78 is 0. The van der Waals surface area contributed by atoms with Crippen molar-refractivity contribution < 1.29 is 9.90 Å². The SMILES string of the molecule is O=C1NCCN(C2CCCC2)C1CCO. The fourth-order valence-corrected chi connectivity index (χ4v) is 2.82. The second kappa shape index (κ2) is 4.94. The maximum atomic E-state index is 11.7. The number of carbonyl (C=O) groups is 1.